The van der Waals surface area contributed by atoms with Crippen LogP contribution < -0.4 is 0 Å². The topological polar surface area (TPSA) is 89.5 Å². The van der Waals surface area contributed by atoms with Crippen molar-refractivity contribution in [1.29, 1.82) is 0 Å². The molecule has 0 radical (unpaired) electrons. The summed E-state index contributed by atoms with van der Waals surface area (Å²) >= 11 is 0. The summed E-state index contributed by atoms with van der Waals surface area (Å²) in [6, 6.07) is 0. The van der Waals surface area contributed by atoms with Gasteiger partial charge in [0.2, 0.25) is 0 Å². The summed E-state index contributed by atoms with van der Waals surface area (Å²) in [5.74, 6) is -1.77. The Kier molecular flexibility index (Phi) is 5.06. The second-order valence-corrected chi connectivity index (χ2v) is 5.72. The molecule has 2 fully saturated rings. The Balaban J connectivity index is 2.15. The minimum atomic E-state index is -0.799. The molecule has 0 amide bonds. The first-order chi connectivity index (χ1) is 10.2. The van der Waals surface area contributed by atoms with Crippen molar-refractivity contribution in [2.45, 2.75) is 64.2 Å². The highest BCUT2D eigenvalue weighted by molar-refractivity contribution is 5.67. The molecule has 22 heavy (non-hydrogen) atoms. The molecule has 2 heterocycles. The van der Waals surface area contributed by atoms with E-state index in [1.54, 1.807) is 13.8 Å². The van der Waals surface area contributed by atoms with Crippen LogP contribution in [0.4, 0.5) is 0 Å². The quantitative estimate of drug-likeness (QED) is 0.672. The molecule has 2 saturated heterocycles. The molecular weight excluding hydrogens is 296 g/mol. The van der Waals surface area contributed by atoms with Gasteiger partial charge in [0.25, 0.3) is 0 Å². The molecule has 0 aromatic carbocycles. The molecule has 0 aliphatic carbocycles. The predicted octanol–water partition coefficient (Wildman–Crippen LogP) is 0.373. The highest BCUT2D eigenvalue weighted by atomic mass is 16.8. The molecule has 0 saturated carbocycles. The first-order valence-corrected chi connectivity index (χ1v) is 7.08. The van der Waals surface area contributed by atoms with Gasteiger partial charge in [-0.1, -0.05) is 0 Å². The van der Waals surface area contributed by atoms with Crippen LogP contribution >= 0.6 is 0 Å². The lowest BCUT2D eigenvalue weighted by Gasteiger charge is -2.28. The van der Waals surface area contributed by atoms with E-state index in [-0.39, 0.29) is 6.61 Å². The van der Waals surface area contributed by atoms with Gasteiger partial charge in [0.1, 0.15) is 24.9 Å². The van der Waals surface area contributed by atoms with Gasteiger partial charge in [0.15, 0.2) is 18.2 Å². The van der Waals surface area contributed by atoms with Crippen molar-refractivity contribution in [2.24, 2.45) is 0 Å². The third-order valence-corrected chi connectivity index (χ3v) is 3.41. The summed E-state index contributed by atoms with van der Waals surface area (Å²) < 4.78 is 32.7. The molecule has 5 atom stereocenters. The number of carbonyl (C=O) groups excluding carboxylic acids is 2. The molecule has 2 aliphatic rings. The summed E-state index contributed by atoms with van der Waals surface area (Å²) in [5, 5.41) is 0. The van der Waals surface area contributed by atoms with Crippen LogP contribution in [0.3, 0.4) is 0 Å². The molecule has 2 rings (SSSR count). The van der Waals surface area contributed by atoms with Crippen molar-refractivity contribution < 1.29 is 38.0 Å². The van der Waals surface area contributed by atoms with Crippen molar-refractivity contribution in [3.05, 3.63) is 0 Å². The third-order valence-electron chi connectivity index (χ3n) is 3.41. The number of hydrogen-bond acceptors (Lipinski definition) is 8. The first kappa shape index (κ1) is 17.1. The fourth-order valence-corrected chi connectivity index (χ4v) is 2.69. The van der Waals surface area contributed by atoms with E-state index in [2.05, 4.69) is 0 Å². The minimum Gasteiger partial charge on any atom is -0.462 e. The van der Waals surface area contributed by atoms with E-state index in [1.165, 1.54) is 21.0 Å². The van der Waals surface area contributed by atoms with Gasteiger partial charge in [-0.05, 0) is 13.8 Å². The van der Waals surface area contributed by atoms with Gasteiger partial charge in [0, 0.05) is 21.0 Å². The Morgan fingerprint density at radius 3 is 2.32 bits per heavy atom. The van der Waals surface area contributed by atoms with E-state index < -0.39 is 48.4 Å². The largest absolute Gasteiger partial charge is 0.462 e. The van der Waals surface area contributed by atoms with Gasteiger partial charge in [0.05, 0.1) is 0 Å². The van der Waals surface area contributed by atoms with Crippen molar-refractivity contribution in [2.75, 3.05) is 13.7 Å². The molecule has 2 aliphatic heterocycles. The Morgan fingerprint density at radius 1 is 1.14 bits per heavy atom. The zero-order valence-electron chi connectivity index (χ0n) is 13.4. The summed E-state index contributed by atoms with van der Waals surface area (Å²) in [5.41, 5.74) is 0. The number of methoxy groups -OCH3 is 1. The predicted molar refractivity (Wildman–Crippen MR) is 71.7 cm³/mol. The number of carbonyl (C=O) groups is 2. The van der Waals surface area contributed by atoms with Gasteiger partial charge in [-0.15, -0.1) is 0 Å². The van der Waals surface area contributed by atoms with Gasteiger partial charge in [-0.3, -0.25) is 9.59 Å². The van der Waals surface area contributed by atoms with E-state index in [1.807, 2.05) is 0 Å². The minimum absolute atomic E-state index is 0.122. The lowest BCUT2D eigenvalue weighted by molar-refractivity contribution is -0.241. The number of ether oxygens (including phenoxy) is 6. The lowest BCUT2D eigenvalue weighted by Crippen LogP contribution is -2.43. The van der Waals surface area contributed by atoms with Crippen molar-refractivity contribution in [3.63, 3.8) is 0 Å². The number of fused-ring (bicyclic) bond motifs is 1. The fourth-order valence-electron chi connectivity index (χ4n) is 2.69. The molecule has 8 nitrogen and oxygen atoms in total. The highest BCUT2D eigenvalue weighted by Gasteiger charge is 2.58. The van der Waals surface area contributed by atoms with Crippen molar-refractivity contribution in [1.82, 2.24) is 0 Å². The second-order valence-electron chi connectivity index (χ2n) is 5.72. The monoisotopic (exact) mass is 318 g/mol. The summed E-state index contributed by atoms with van der Waals surface area (Å²) in [6.07, 6.45) is -3.03. The Labute approximate surface area is 128 Å². The molecule has 0 unspecified atom stereocenters. The van der Waals surface area contributed by atoms with Gasteiger partial charge < -0.3 is 28.4 Å². The van der Waals surface area contributed by atoms with E-state index in [4.69, 9.17) is 28.4 Å². The molecule has 8 heteroatoms. The van der Waals surface area contributed by atoms with Crippen LogP contribution in [0.25, 0.3) is 0 Å². The van der Waals surface area contributed by atoms with Crippen molar-refractivity contribution >= 4 is 11.9 Å². The van der Waals surface area contributed by atoms with E-state index in [0.29, 0.717) is 0 Å². The van der Waals surface area contributed by atoms with Crippen LogP contribution in [-0.2, 0) is 38.0 Å². The molecule has 0 N–H and O–H groups in total. The van der Waals surface area contributed by atoms with Gasteiger partial charge >= 0.3 is 11.9 Å². The third kappa shape index (κ3) is 3.75. The summed E-state index contributed by atoms with van der Waals surface area (Å²) in [6.45, 7) is 5.99. The summed E-state index contributed by atoms with van der Waals surface area (Å²) in [7, 11) is 1.49. The number of hydrogen-bond donors (Lipinski definition) is 0. The normalized spacial score (nSPS) is 34.0. The van der Waals surface area contributed by atoms with Crippen LogP contribution in [0.5, 0.6) is 0 Å². The maximum absolute atomic E-state index is 11.3. The average molecular weight is 318 g/mol. The zero-order valence-corrected chi connectivity index (χ0v) is 13.4. The molecule has 0 spiro atoms. The van der Waals surface area contributed by atoms with Gasteiger partial charge in [-0.25, -0.2) is 0 Å². The average Bonchev–Trinajstić information content (AvgIpc) is 2.87. The Bertz CT molecular complexity index is 435. The van der Waals surface area contributed by atoms with Crippen LogP contribution in [-0.4, -0.2) is 62.1 Å². The Morgan fingerprint density at radius 2 is 1.77 bits per heavy atom. The highest BCUT2D eigenvalue weighted by Crippen LogP contribution is 2.40. The zero-order chi connectivity index (χ0) is 16.5. The molecular formula is C14H22O8. The van der Waals surface area contributed by atoms with Crippen LogP contribution in [0.15, 0.2) is 0 Å². The number of rotatable bonds is 5. The molecule has 0 aromatic rings. The van der Waals surface area contributed by atoms with Crippen LogP contribution in [0.2, 0.25) is 0 Å². The van der Waals surface area contributed by atoms with E-state index >= 15 is 0 Å². The SMILES string of the molecule is CO[C@@H]1O[C@H]([C@H](COC(C)=O)OC(C)=O)[C@H]2OC(C)(C)O[C@@H]12. The van der Waals surface area contributed by atoms with Crippen LogP contribution in [0.1, 0.15) is 27.7 Å². The molecule has 126 valence electrons. The van der Waals surface area contributed by atoms with E-state index in [9.17, 15) is 9.59 Å². The maximum atomic E-state index is 11.3. The summed E-state index contributed by atoms with van der Waals surface area (Å²) in [4.78, 5) is 22.3. The van der Waals surface area contributed by atoms with Gasteiger partial charge in [-0.2, -0.15) is 0 Å². The lowest BCUT2D eigenvalue weighted by atomic mass is 10.1. The fraction of sp³-hybridized carbons (Fsp3) is 0.857. The maximum Gasteiger partial charge on any atom is 0.303 e. The molecule has 0 bridgehead atoms. The Hall–Kier alpha value is -1.22. The van der Waals surface area contributed by atoms with Crippen LogP contribution in [0, 0.1) is 0 Å². The smallest absolute Gasteiger partial charge is 0.303 e. The second kappa shape index (κ2) is 6.49. The van der Waals surface area contributed by atoms with Crippen molar-refractivity contribution in [3.8, 4) is 0 Å². The van der Waals surface area contributed by atoms with E-state index in [0.717, 1.165) is 0 Å². The standard InChI is InChI=1S/C14H22O8/c1-7(15)18-6-9(19-8(2)16)10-11-12(13(17-5)20-10)22-14(3,4)21-11/h9-13H,6H2,1-5H3/t9-,10+,11+,12+,13+/m0/s1. The number of esters is 2. The first-order valence-electron chi connectivity index (χ1n) is 7.08. The molecule has 0 aromatic heterocycles.